The van der Waals surface area contributed by atoms with Gasteiger partial charge in [-0.1, -0.05) is 17.3 Å². The normalized spacial score (nSPS) is 15.3. The maximum absolute atomic E-state index is 5.38. The molecule has 22 heavy (non-hydrogen) atoms. The second kappa shape index (κ2) is 8.15. The minimum atomic E-state index is 0. The number of aryl methyl sites for hydroxylation is 1. The Bertz CT molecular complexity index is 582. The van der Waals surface area contributed by atoms with Crippen molar-refractivity contribution in [3.8, 4) is 17.1 Å². The van der Waals surface area contributed by atoms with Gasteiger partial charge >= 0.3 is 0 Å². The molecule has 0 unspecified atom stereocenters. The first kappa shape index (κ1) is 16.8. The number of piperidine rings is 1. The standard InChI is InChI=1S/C16H21N3O2.ClH/c1-20-14-5-3-2-4-13(14)16-18-15(21-19-16)7-6-12-8-10-17-11-9-12;/h2-5,12,17H,6-11H2,1H3;1H. The van der Waals surface area contributed by atoms with Gasteiger partial charge in [0.05, 0.1) is 12.7 Å². The summed E-state index contributed by atoms with van der Waals surface area (Å²) < 4.78 is 10.7. The fourth-order valence-electron chi connectivity index (χ4n) is 2.79. The minimum absolute atomic E-state index is 0. The molecule has 6 heteroatoms. The van der Waals surface area contributed by atoms with Crippen molar-refractivity contribution in [3.05, 3.63) is 30.2 Å². The van der Waals surface area contributed by atoms with Crippen LogP contribution >= 0.6 is 12.4 Å². The summed E-state index contributed by atoms with van der Waals surface area (Å²) in [5, 5.41) is 7.47. The number of nitrogens with one attached hydrogen (secondary N) is 1. The van der Waals surface area contributed by atoms with Crippen LogP contribution in [-0.2, 0) is 6.42 Å². The SMILES string of the molecule is COc1ccccc1-c1noc(CCC2CCNCC2)n1.Cl. The molecule has 0 atom stereocenters. The molecule has 0 spiro atoms. The molecule has 1 aliphatic heterocycles. The molecule has 0 radical (unpaired) electrons. The van der Waals surface area contributed by atoms with Crippen molar-refractivity contribution in [1.82, 2.24) is 15.5 Å². The quantitative estimate of drug-likeness (QED) is 0.916. The Labute approximate surface area is 136 Å². The van der Waals surface area contributed by atoms with E-state index in [0.29, 0.717) is 5.82 Å². The average Bonchev–Trinajstić information content (AvgIpc) is 3.02. The molecule has 1 aliphatic rings. The van der Waals surface area contributed by atoms with Crippen molar-refractivity contribution in [2.45, 2.75) is 25.7 Å². The molecule has 2 aromatic rings. The van der Waals surface area contributed by atoms with Crippen LogP contribution in [0.3, 0.4) is 0 Å². The fraction of sp³-hybridized carbons (Fsp3) is 0.500. The van der Waals surface area contributed by atoms with Crippen LogP contribution in [0.5, 0.6) is 5.75 Å². The maximum Gasteiger partial charge on any atom is 0.226 e. The highest BCUT2D eigenvalue weighted by molar-refractivity contribution is 5.85. The second-order valence-corrected chi connectivity index (χ2v) is 5.44. The summed E-state index contributed by atoms with van der Waals surface area (Å²) in [6.07, 6.45) is 4.46. The van der Waals surface area contributed by atoms with Crippen LogP contribution in [0.1, 0.15) is 25.2 Å². The molecule has 1 saturated heterocycles. The zero-order chi connectivity index (χ0) is 14.5. The van der Waals surface area contributed by atoms with Crippen molar-refractivity contribution >= 4 is 12.4 Å². The van der Waals surface area contributed by atoms with Gasteiger partial charge in [-0.2, -0.15) is 4.98 Å². The summed E-state index contributed by atoms with van der Waals surface area (Å²) in [6.45, 7) is 2.25. The van der Waals surface area contributed by atoms with E-state index in [2.05, 4.69) is 15.5 Å². The van der Waals surface area contributed by atoms with E-state index >= 15 is 0 Å². The number of rotatable bonds is 5. The highest BCUT2D eigenvalue weighted by Gasteiger charge is 2.16. The summed E-state index contributed by atoms with van der Waals surface area (Å²) in [4.78, 5) is 4.50. The molecule has 2 heterocycles. The lowest BCUT2D eigenvalue weighted by atomic mass is 9.93. The van der Waals surface area contributed by atoms with Crippen molar-refractivity contribution in [2.75, 3.05) is 20.2 Å². The van der Waals surface area contributed by atoms with E-state index in [1.54, 1.807) is 7.11 Å². The molecular weight excluding hydrogens is 302 g/mol. The summed E-state index contributed by atoms with van der Waals surface area (Å²) in [5.74, 6) is 2.86. The van der Waals surface area contributed by atoms with Gasteiger partial charge in [-0.15, -0.1) is 12.4 Å². The third kappa shape index (κ3) is 3.99. The van der Waals surface area contributed by atoms with Crippen LogP contribution in [0.2, 0.25) is 0 Å². The molecule has 1 fully saturated rings. The third-order valence-electron chi connectivity index (χ3n) is 4.04. The van der Waals surface area contributed by atoms with Crippen LogP contribution in [-0.4, -0.2) is 30.3 Å². The molecule has 120 valence electrons. The van der Waals surface area contributed by atoms with E-state index in [0.717, 1.165) is 49.1 Å². The van der Waals surface area contributed by atoms with Gasteiger partial charge in [0.2, 0.25) is 11.7 Å². The highest BCUT2D eigenvalue weighted by atomic mass is 35.5. The molecular formula is C16H22ClN3O2. The Balaban J connectivity index is 0.00000176. The largest absolute Gasteiger partial charge is 0.496 e. The van der Waals surface area contributed by atoms with Crippen molar-refractivity contribution < 1.29 is 9.26 Å². The lowest BCUT2D eigenvalue weighted by Crippen LogP contribution is -2.27. The van der Waals surface area contributed by atoms with Crippen molar-refractivity contribution in [2.24, 2.45) is 5.92 Å². The van der Waals surface area contributed by atoms with E-state index in [1.807, 2.05) is 24.3 Å². The molecule has 0 bridgehead atoms. The van der Waals surface area contributed by atoms with Gasteiger partial charge < -0.3 is 14.6 Å². The lowest BCUT2D eigenvalue weighted by Gasteiger charge is -2.21. The number of hydrogen-bond acceptors (Lipinski definition) is 5. The number of nitrogens with zero attached hydrogens (tertiary/aromatic N) is 2. The Morgan fingerprint density at radius 1 is 1.27 bits per heavy atom. The minimum Gasteiger partial charge on any atom is -0.496 e. The van der Waals surface area contributed by atoms with Crippen LogP contribution in [0.25, 0.3) is 11.4 Å². The Morgan fingerprint density at radius 3 is 2.82 bits per heavy atom. The molecule has 0 saturated carbocycles. The Kier molecular flexibility index (Phi) is 6.21. The lowest BCUT2D eigenvalue weighted by molar-refractivity contribution is 0.324. The van der Waals surface area contributed by atoms with Crippen LogP contribution in [0.4, 0.5) is 0 Å². The van der Waals surface area contributed by atoms with Crippen LogP contribution < -0.4 is 10.1 Å². The molecule has 0 amide bonds. The van der Waals surface area contributed by atoms with E-state index in [-0.39, 0.29) is 12.4 Å². The predicted octanol–water partition coefficient (Wildman–Crippen LogP) is 3.10. The topological polar surface area (TPSA) is 60.2 Å². The Hall–Kier alpha value is -1.59. The van der Waals surface area contributed by atoms with Crippen molar-refractivity contribution in [3.63, 3.8) is 0 Å². The molecule has 0 aliphatic carbocycles. The zero-order valence-electron chi connectivity index (χ0n) is 12.7. The number of methoxy groups -OCH3 is 1. The molecule has 3 rings (SSSR count). The van der Waals surface area contributed by atoms with E-state index in [9.17, 15) is 0 Å². The Morgan fingerprint density at radius 2 is 2.05 bits per heavy atom. The summed E-state index contributed by atoms with van der Waals surface area (Å²) in [7, 11) is 1.65. The number of ether oxygens (including phenoxy) is 1. The monoisotopic (exact) mass is 323 g/mol. The average molecular weight is 324 g/mol. The number of hydrogen-bond donors (Lipinski definition) is 1. The van der Waals surface area contributed by atoms with Gasteiger partial charge in [0.15, 0.2) is 0 Å². The fourth-order valence-corrected chi connectivity index (χ4v) is 2.79. The summed E-state index contributed by atoms with van der Waals surface area (Å²) in [6, 6.07) is 7.73. The van der Waals surface area contributed by atoms with Gasteiger partial charge in [-0.05, 0) is 50.4 Å². The second-order valence-electron chi connectivity index (χ2n) is 5.44. The van der Waals surface area contributed by atoms with Gasteiger partial charge in [0.1, 0.15) is 5.75 Å². The predicted molar refractivity (Wildman–Crippen MR) is 87.4 cm³/mol. The molecule has 1 aromatic carbocycles. The summed E-state index contributed by atoms with van der Waals surface area (Å²) >= 11 is 0. The zero-order valence-corrected chi connectivity index (χ0v) is 13.6. The van der Waals surface area contributed by atoms with Gasteiger partial charge in [0, 0.05) is 6.42 Å². The van der Waals surface area contributed by atoms with E-state index in [4.69, 9.17) is 9.26 Å². The molecule has 5 nitrogen and oxygen atoms in total. The van der Waals surface area contributed by atoms with E-state index in [1.165, 1.54) is 12.8 Å². The third-order valence-corrected chi connectivity index (χ3v) is 4.04. The molecule has 1 N–H and O–H groups in total. The van der Waals surface area contributed by atoms with E-state index < -0.39 is 0 Å². The smallest absolute Gasteiger partial charge is 0.226 e. The number of aromatic nitrogens is 2. The number of para-hydroxylation sites is 1. The molecule has 1 aromatic heterocycles. The first-order chi connectivity index (χ1) is 10.4. The maximum atomic E-state index is 5.38. The highest BCUT2D eigenvalue weighted by Crippen LogP contribution is 2.27. The first-order valence-electron chi connectivity index (χ1n) is 7.53. The van der Waals surface area contributed by atoms with Crippen molar-refractivity contribution in [1.29, 1.82) is 0 Å². The van der Waals surface area contributed by atoms with Gasteiger partial charge in [-0.3, -0.25) is 0 Å². The van der Waals surface area contributed by atoms with Crippen LogP contribution in [0.15, 0.2) is 28.8 Å². The van der Waals surface area contributed by atoms with Crippen LogP contribution in [0, 0.1) is 5.92 Å². The summed E-state index contributed by atoms with van der Waals surface area (Å²) in [5.41, 5.74) is 0.872. The first-order valence-corrected chi connectivity index (χ1v) is 7.53. The number of benzene rings is 1. The number of halogens is 1. The van der Waals surface area contributed by atoms with Gasteiger partial charge in [-0.25, -0.2) is 0 Å². The van der Waals surface area contributed by atoms with Gasteiger partial charge in [0.25, 0.3) is 0 Å².